The number of hydrogen-bond donors (Lipinski definition) is 0. The molecule has 6 heteroatoms. The number of thiophene rings is 1. The van der Waals surface area contributed by atoms with Crippen LogP contribution in [0.2, 0.25) is 0 Å². The quantitative estimate of drug-likeness (QED) is 0.810. The fourth-order valence-electron chi connectivity index (χ4n) is 4.13. The lowest BCUT2D eigenvalue weighted by molar-refractivity contribution is -0.131. The number of likely N-dealkylation sites (tertiary alicyclic amines) is 1. The molecule has 1 fully saturated rings. The van der Waals surface area contributed by atoms with Gasteiger partial charge in [-0.15, -0.1) is 11.3 Å². The summed E-state index contributed by atoms with van der Waals surface area (Å²) < 4.78 is 2.11. The minimum atomic E-state index is 0.241. The van der Waals surface area contributed by atoms with Crippen molar-refractivity contribution in [2.45, 2.75) is 45.2 Å². The fraction of sp³-hybridized carbons (Fsp3) is 0.600. The Hall–Kier alpha value is -1.66. The summed E-state index contributed by atoms with van der Waals surface area (Å²) in [4.78, 5) is 18.7. The van der Waals surface area contributed by atoms with E-state index in [4.69, 9.17) is 0 Å². The number of rotatable bonds is 5. The maximum absolute atomic E-state index is 12.9. The summed E-state index contributed by atoms with van der Waals surface area (Å²) >= 11 is 1.67. The summed E-state index contributed by atoms with van der Waals surface area (Å²) in [6.45, 7) is 6.08. The summed E-state index contributed by atoms with van der Waals surface area (Å²) in [5, 5.41) is 6.54. The highest BCUT2D eigenvalue weighted by Crippen LogP contribution is 2.21. The van der Waals surface area contributed by atoms with Crippen molar-refractivity contribution in [3.63, 3.8) is 0 Å². The number of piperidine rings is 1. The molecule has 1 saturated heterocycles. The molecule has 1 atom stereocenters. The minimum absolute atomic E-state index is 0.241. The zero-order chi connectivity index (χ0) is 17.8. The first-order valence-corrected chi connectivity index (χ1v) is 10.7. The first-order chi connectivity index (χ1) is 12.8. The van der Waals surface area contributed by atoms with Crippen molar-refractivity contribution >= 4 is 17.2 Å². The third-order valence-corrected chi connectivity index (χ3v) is 6.50. The van der Waals surface area contributed by atoms with Gasteiger partial charge >= 0.3 is 0 Å². The molecule has 140 valence electrons. The molecule has 4 rings (SSSR count). The van der Waals surface area contributed by atoms with Gasteiger partial charge in [0.15, 0.2) is 0 Å². The smallest absolute Gasteiger partial charge is 0.228 e. The van der Waals surface area contributed by atoms with E-state index in [1.54, 1.807) is 11.3 Å². The average Bonchev–Trinajstić information content (AvgIpc) is 3.29. The maximum atomic E-state index is 12.9. The Morgan fingerprint density at radius 1 is 1.19 bits per heavy atom. The fourth-order valence-corrected chi connectivity index (χ4v) is 4.82. The normalized spacial score (nSPS) is 21.4. The van der Waals surface area contributed by atoms with Gasteiger partial charge in [-0.1, -0.05) is 12.5 Å². The number of nitrogens with zero attached hydrogens (tertiary/aromatic N) is 4. The first kappa shape index (κ1) is 17.7. The van der Waals surface area contributed by atoms with E-state index in [0.717, 1.165) is 36.6 Å². The molecule has 26 heavy (non-hydrogen) atoms. The van der Waals surface area contributed by atoms with Gasteiger partial charge in [0.25, 0.3) is 0 Å². The monoisotopic (exact) mass is 372 g/mol. The standard InChI is InChI=1S/C20H28N4OS/c25-20(13-19-5-4-12-26-19)23-14-17(7-11-22-9-2-1-3-10-22)15-24-18(16-23)6-8-21-24/h4-6,8,12,17H,1-3,7,9-11,13-16H2/t17-/m0/s1. The van der Waals surface area contributed by atoms with Crippen molar-refractivity contribution in [3.05, 3.63) is 40.3 Å². The highest BCUT2D eigenvalue weighted by atomic mass is 32.1. The Kier molecular flexibility index (Phi) is 5.70. The summed E-state index contributed by atoms with van der Waals surface area (Å²) in [7, 11) is 0. The molecule has 0 saturated carbocycles. The molecule has 0 radical (unpaired) electrons. The third-order valence-electron chi connectivity index (χ3n) is 5.63. The molecule has 0 aliphatic carbocycles. The van der Waals surface area contributed by atoms with Crippen molar-refractivity contribution in [1.82, 2.24) is 19.6 Å². The Balaban J connectivity index is 1.41. The molecule has 0 spiro atoms. The Morgan fingerprint density at radius 3 is 2.88 bits per heavy atom. The van der Waals surface area contributed by atoms with E-state index in [9.17, 15) is 4.79 Å². The molecule has 0 unspecified atom stereocenters. The van der Waals surface area contributed by atoms with Crippen molar-refractivity contribution in [2.75, 3.05) is 26.2 Å². The Labute approximate surface area is 159 Å². The molecule has 0 N–H and O–H groups in total. The van der Waals surface area contributed by atoms with Gasteiger partial charge in [-0.05, 0) is 62.3 Å². The first-order valence-electron chi connectivity index (χ1n) is 9.81. The maximum Gasteiger partial charge on any atom is 0.228 e. The largest absolute Gasteiger partial charge is 0.336 e. The van der Waals surface area contributed by atoms with Crippen LogP contribution in [0, 0.1) is 5.92 Å². The average molecular weight is 373 g/mol. The van der Waals surface area contributed by atoms with E-state index in [1.165, 1.54) is 32.4 Å². The van der Waals surface area contributed by atoms with Crippen molar-refractivity contribution in [3.8, 4) is 0 Å². The number of hydrogen-bond acceptors (Lipinski definition) is 4. The lowest BCUT2D eigenvalue weighted by Gasteiger charge is -2.29. The predicted octanol–water partition coefficient (Wildman–Crippen LogP) is 3.02. The number of fused-ring (bicyclic) bond motifs is 1. The van der Waals surface area contributed by atoms with Crippen molar-refractivity contribution in [1.29, 1.82) is 0 Å². The SMILES string of the molecule is O=C(Cc1cccs1)N1Cc2ccnn2C[C@@H](CCN2CCCCC2)C1. The second-order valence-electron chi connectivity index (χ2n) is 7.59. The topological polar surface area (TPSA) is 41.4 Å². The zero-order valence-electron chi connectivity index (χ0n) is 15.3. The minimum Gasteiger partial charge on any atom is -0.336 e. The van der Waals surface area contributed by atoms with Crippen LogP contribution >= 0.6 is 11.3 Å². The van der Waals surface area contributed by atoms with Gasteiger partial charge in [-0.25, -0.2) is 0 Å². The highest BCUT2D eigenvalue weighted by Gasteiger charge is 2.26. The van der Waals surface area contributed by atoms with E-state index in [0.29, 0.717) is 18.9 Å². The molecule has 2 aromatic rings. The van der Waals surface area contributed by atoms with Crippen LogP contribution in [-0.4, -0.2) is 51.7 Å². The molecule has 5 nitrogen and oxygen atoms in total. The van der Waals surface area contributed by atoms with Crippen LogP contribution in [0.3, 0.4) is 0 Å². The molecular weight excluding hydrogens is 344 g/mol. The van der Waals surface area contributed by atoms with Gasteiger partial charge in [0.05, 0.1) is 18.7 Å². The lowest BCUT2D eigenvalue weighted by Crippen LogP contribution is -2.37. The van der Waals surface area contributed by atoms with Crippen LogP contribution in [0.5, 0.6) is 0 Å². The van der Waals surface area contributed by atoms with E-state index < -0.39 is 0 Å². The summed E-state index contributed by atoms with van der Waals surface area (Å²) in [5.41, 5.74) is 1.16. The molecular formula is C20H28N4OS. The van der Waals surface area contributed by atoms with Crippen LogP contribution in [0.15, 0.2) is 29.8 Å². The van der Waals surface area contributed by atoms with Crippen molar-refractivity contribution in [2.24, 2.45) is 5.92 Å². The van der Waals surface area contributed by atoms with Gasteiger partial charge in [-0.3, -0.25) is 9.48 Å². The van der Waals surface area contributed by atoms with Crippen LogP contribution in [0.25, 0.3) is 0 Å². The number of carbonyl (C=O) groups is 1. The number of carbonyl (C=O) groups excluding carboxylic acids is 1. The second kappa shape index (κ2) is 8.35. The molecule has 0 bridgehead atoms. The summed E-state index contributed by atoms with van der Waals surface area (Å²) in [6.07, 6.45) is 7.57. The van der Waals surface area contributed by atoms with Gasteiger partial charge in [0.1, 0.15) is 0 Å². The molecule has 1 amide bonds. The van der Waals surface area contributed by atoms with Gasteiger partial charge < -0.3 is 9.80 Å². The number of aromatic nitrogens is 2. The Bertz CT molecular complexity index is 705. The van der Waals surface area contributed by atoms with Crippen LogP contribution in [-0.2, 0) is 24.3 Å². The summed E-state index contributed by atoms with van der Waals surface area (Å²) in [5.74, 6) is 0.718. The van der Waals surface area contributed by atoms with Crippen LogP contribution < -0.4 is 0 Å². The molecule has 2 aliphatic rings. The number of amides is 1. The van der Waals surface area contributed by atoms with E-state index in [2.05, 4.69) is 31.7 Å². The van der Waals surface area contributed by atoms with Crippen LogP contribution in [0.1, 0.15) is 36.3 Å². The second-order valence-corrected chi connectivity index (χ2v) is 8.62. The summed E-state index contributed by atoms with van der Waals surface area (Å²) in [6, 6.07) is 6.13. The van der Waals surface area contributed by atoms with Gasteiger partial charge in [-0.2, -0.15) is 5.10 Å². The van der Waals surface area contributed by atoms with Crippen molar-refractivity contribution < 1.29 is 4.79 Å². The molecule has 2 aromatic heterocycles. The highest BCUT2D eigenvalue weighted by molar-refractivity contribution is 7.10. The molecule has 4 heterocycles. The van der Waals surface area contributed by atoms with E-state index >= 15 is 0 Å². The molecule has 2 aliphatic heterocycles. The van der Waals surface area contributed by atoms with Gasteiger partial charge in [0.2, 0.25) is 5.91 Å². The third kappa shape index (κ3) is 4.35. The van der Waals surface area contributed by atoms with Crippen LogP contribution in [0.4, 0.5) is 0 Å². The Morgan fingerprint density at radius 2 is 2.08 bits per heavy atom. The van der Waals surface area contributed by atoms with E-state index in [-0.39, 0.29) is 5.91 Å². The lowest BCUT2D eigenvalue weighted by atomic mass is 10.0. The molecule has 0 aromatic carbocycles. The zero-order valence-corrected chi connectivity index (χ0v) is 16.2. The predicted molar refractivity (Wildman–Crippen MR) is 104 cm³/mol. The van der Waals surface area contributed by atoms with E-state index in [1.807, 2.05) is 17.6 Å². The van der Waals surface area contributed by atoms with Gasteiger partial charge in [0, 0.05) is 24.2 Å².